The molecule has 0 radical (unpaired) electrons. The third kappa shape index (κ3) is 3.58. The van der Waals surface area contributed by atoms with E-state index in [0.29, 0.717) is 15.8 Å². The van der Waals surface area contributed by atoms with Crippen LogP contribution >= 0.6 is 23.2 Å². The molecule has 1 aromatic rings. The highest BCUT2D eigenvalue weighted by molar-refractivity contribution is 6.34. The Morgan fingerprint density at radius 2 is 2.12 bits per heavy atom. The van der Waals surface area contributed by atoms with Gasteiger partial charge in [-0.15, -0.1) is 0 Å². The van der Waals surface area contributed by atoms with E-state index in [1.54, 1.807) is 25.1 Å². The molecule has 1 aromatic carbocycles. The van der Waals surface area contributed by atoms with Gasteiger partial charge in [-0.3, -0.25) is 4.79 Å². The summed E-state index contributed by atoms with van der Waals surface area (Å²) < 4.78 is 9.96. The smallest absolute Gasteiger partial charge is 0.311 e. The number of methoxy groups -OCH3 is 1. The van der Waals surface area contributed by atoms with E-state index in [9.17, 15) is 4.79 Å². The molecule has 0 amide bonds. The molecule has 0 aliphatic carbocycles. The first kappa shape index (κ1) is 13.1. The summed E-state index contributed by atoms with van der Waals surface area (Å²) in [5.41, 5.74) is 0. The highest BCUT2D eigenvalue weighted by Gasteiger charge is 2.14. The number of esters is 1. The van der Waals surface area contributed by atoms with Crippen molar-refractivity contribution in [3.8, 4) is 5.75 Å². The lowest BCUT2D eigenvalue weighted by molar-refractivity contribution is -0.145. The van der Waals surface area contributed by atoms with Crippen LogP contribution in [0.5, 0.6) is 5.75 Å². The van der Waals surface area contributed by atoms with Gasteiger partial charge in [-0.25, -0.2) is 0 Å². The van der Waals surface area contributed by atoms with Crippen molar-refractivity contribution in [2.75, 3.05) is 13.7 Å². The van der Waals surface area contributed by atoms with Crippen molar-refractivity contribution in [1.82, 2.24) is 0 Å². The summed E-state index contributed by atoms with van der Waals surface area (Å²) in [6.07, 6.45) is 0. The molecule has 0 aromatic heterocycles. The van der Waals surface area contributed by atoms with Gasteiger partial charge in [-0.1, -0.05) is 23.2 Å². The number of rotatable bonds is 4. The Morgan fingerprint density at radius 3 is 2.75 bits per heavy atom. The zero-order valence-electron chi connectivity index (χ0n) is 9.00. The quantitative estimate of drug-likeness (QED) is 0.782. The molecule has 88 valence electrons. The largest absolute Gasteiger partial charge is 0.491 e. The summed E-state index contributed by atoms with van der Waals surface area (Å²) in [6, 6.07) is 4.91. The molecule has 1 unspecified atom stereocenters. The summed E-state index contributed by atoms with van der Waals surface area (Å²) in [5.74, 6) is -0.205. The fourth-order valence-electron chi connectivity index (χ4n) is 1.07. The average molecular weight is 263 g/mol. The van der Waals surface area contributed by atoms with Gasteiger partial charge in [0.05, 0.1) is 18.1 Å². The predicted molar refractivity (Wildman–Crippen MR) is 63.1 cm³/mol. The van der Waals surface area contributed by atoms with E-state index in [1.807, 2.05) is 0 Å². The van der Waals surface area contributed by atoms with Crippen molar-refractivity contribution in [3.05, 3.63) is 28.2 Å². The molecule has 5 heteroatoms. The first-order valence-electron chi connectivity index (χ1n) is 4.70. The zero-order valence-corrected chi connectivity index (χ0v) is 10.5. The van der Waals surface area contributed by atoms with Gasteiger partial charge in [0.25, 0.3) is 0 Å². The molecule has 0 heterocycles. The van der Waals surface area contributed by atoms with Crippen molar-refractivity contribution in [2.45, 2.75) is 6.92 Å². The molecule has 0 aliphatic heterocycles. The molecular formula is C11H12Cl2O3. The van der Waals surface area contributed by atoms with Crippen LogP contribution in [0.2, 0.25) is 10.0 Å². The van der Waals surface area contributed by atoms with Crippen LogP contribution in [0, 0.1) is 5.92 Å². The molecule has 0 bridgehead atoms. The Balaban J connectivity index is 2.60. The fourth-order valence-corrected chi connectivity index (χ4v) is 1.41. The van der Waals surface area contributed by atoms with E-state index in [0.717, 1.165) is 0 Å². The number of ether oxygens (including phenoxy) is 2. The Bertz CT molecular complexity index is 379. The number of hydrogen-bond acceptors (Lipinski definition) is 3. The minimum atomic E-state index is -0.347. The fraction of sp³-hybridized carbons (Fsp3) is 0.364. The van der Waals surface area contributed by atoms with E-state index in [2.05, 4.69) is 4.74 Å². The van der Waals surface area contributed by atoms with Crippen LogP contribution in [-0.4, -0.2) is 19.7 Å². The monoisotopic (exact) mass is 262 g/mol. The molecule has 0 spiro atoms. The SMILES string of the molecule is COC(=O)C(C)COc1cc(Cl)ccc1Cl. The van der Waals surface area contributed by atoms with Crippen molar-refractivity contribution >= 4 is 29.2 Å². The Morgan fingerprint density at radius 1 is 1.44 bits per heavy atom. The lowest BCUT2D eigenvalue weighted by atomic mass is 10.2. The van der Waals surface area contributed by atoms with Gasteiger partial charge < -0.3 is 9.47 Å². The lowest BCUT2D eigenvalue weighted by Crippen LogP contribution is -2.20. The van der Waals surface area contributed by atoms with Crippen LogP contribution in [0.25, 0.3) is 0 Å². The molecule has 3 nitrogen and oxygen atoms in total. The van der Waals surface area contributed by atoms with Crippen LogP contribution < -0.4 is 4.74 Å². The van der Waals surface area contributed by atoms with Gasteiger partial charge in [0.15, 0.2) is 0 Å². The van der Waals surface area contributed by atoms with Crippen LogP contribution in [0.1, 0.15) is 6.92 Å². The minimum Gasteiger partial charge on any atom is -0.491 e. The van der Waals surface area contributed by atoms with Crippen LogP contribution in [0.3, 0.4) is 0 Å². The highest BCUT2D eigenvalue weighted by atomic mass is 35.5. The van der Waals surface area contributed by atoms with Crippen molar-refractivity contribution in [3.63, 3.8) is 0 Å². The maximum atomic E-state index is 11.1. The summed E-state index contributed by atoms with van der Waals surface area (Å²) >= 11 is 11.7. The summed E-state index contributed by atoms with van der Waals surface area (Å²) in [6.45, 7) is 1.91. The molecule has 0 fully saturated rings. The highest BCUT2D eigenvalue weighted by Crippen LogP contribution is 2.27. The van der Waals surface area contributed by atoms with Crippen molar-refractivity contribution < 1.29 is 14.3 Å². The van der Waals surface area contributed by atoms with Crippen molar-refractivity contribution in [1.29, 1.82) is 0 Å². The Hall–Kier alpha value is -0.930. The predicted octanol–water partition coefficient (Wildman–Crippen LogP) is 3.18. The van der Waals surface area contributed by atoms with Crippen LogP contribution in [0.4, 0.5) is 0 Å². The second kappa shape index (κ2) is 5.97. The molecular weight excluding hydrogens is 251 g/mol. The van der Waals surface area contributed by atoms with E-state index in [1.165, 1.54) is 7.11 Å². The number of benzene rings is 1. The van der Waals surface area contributed by atoms with E-state index >= 15 is 0 Å². The summed E-state index contributed by atoms with van der Waals surface area (Å²) in [4.78, 5) is 11.1. The average Bonchev–Trinajstić information content (AvgIpc) is 2.28. The molecule has 16 heavy (non-hydrogen) atoms. The first-order chi connectivity index (χ1) is 7.54. The third-order valence-corrected chi connectivity index (χ3v) is 2.53. The summed E-state index contributed by atoms with van der Waals surface area (Å²) in [5, 5.41) is 0.992. The Labute approximate surface area is 104 Å². The van der Waals surface area contributed by atoms with Gasteiger partial charge in [0.2, 0.25) is 0 Å². The second-order valence-corrected chi connectivity index (χ2v) is 4.15. The number of carbonyl (C=O) groups excluding carboxylic acids is 1. The first-order valence-corrected chi connectivity index (χ1v) is 5.46. The normalized spacial score (nSPS) is 12.0. The maximum absolute atomic E-state index is 11.1. The van der Waals surface area contributed by atoms with E-state index in [-0.39, 0.29) is 18.5 Å². The lowest BCUT2D eigenvalue weighted by Gasteiger charge is -2.12. The van der Waals surface area contributed by atoms with Gasteiger partial charge in [-0.05, 0) is 19.1 Å². The molecule has 0 N–H and O–H groups in total. The maximum Gasteiger partial charge on any atom is 0.311 e. The zero-order chi connectivity index (χ0) is 12.1. The summed E-state index contributed by atoms with van der Waals surface area (Å²) in [7, 11) is 1.34. The number of carbonyl (C=O) groups is 1. The molecule has 1 atom stereocenters. The van der Waals surface area contributed by atoms with Crippen molar-refractivity contribution in [2.24, 2.45) is 5.92 Å². The molecule has 0 saturated heterocycles. The number of hydrogen-bond donors (Lipinski definition) is 0. The minimum absolute atomic E-state index is 0.201. The van der Waals surface area contributed by atoms with Gasteiger partial charge in [0.1, 0.15) is 12.4 Å². The third-order valence-electron chi connectivity index (χ3n) is 1.99. The van der Waals surface area contributed by atoms with Gasteiger partial charge >= 0.3 is 5.97 Å². The van der Waals surface area contributed by atoms with Crippen LogP contribution in [-0.2, 0) is 9.53 Å². The standard InChI is InChI=1S/C11H12Cl2O3/c1-7(11(14)15-2)6-16-10-5-8(12)3-4-9(10)13/h3-5,7H,6H2,1-2H3. The van der Waals surface area contributed by atoms with Gasteiger partial charge in [-0.2, -0.15) is 0 Å². The van der Waals surface area contributed by atoms with Crippen LogP contribution in [0.15, 0.2) is 18.2 Å². The van der Waals surface area contributed by atoms with E-state index in [4.69, 9.17) is 27.9 Å². The molecule has 0 aliphatic rings. The molecule has 0 saturated carbocycles. The molecule has 1 rings (SSSR count). The number of halogens is 2. The second-order valence-electron chi connectivity index (χ2n) is 3.31. The topological polar surface area (TPSA) is 35.5 Å². The Kier molecular flexibility index (Phi) is 4.90. The van der Waals surface area contributed by atoms with Gasteiger partial charge in [0, 0.05) is 11.1 Å². The van der Waals surface area contributed by atoms with E-state index < -0.39 is 0 Å².